The Kier molecular flexibility index (Phi) is 5.52. The molecule has 0 saturated heterocycles. The first kappa shape index (κ1) is 22.4. The number of ether oxygens (including phenoxy) is 1. The molecule has 1 aliphatic heterocycles. The van der Waals surface area contributed by atoms with Crippen LogP contribution >= 0.6 is 0 Å². The van der Waals surface area contributed by atoms with Crippen LogP contribution < -0.4 is 4.74 Å². The van der Waals surface area contributed by atoms with Crippen molar-refractivity contribution in [3.8, 4) is 22.6 Å². The van der Waals surface area contributed by atoms with Crippen molar-refractivity contribution in [2.24, 2.45) is 0 Å². The van der Waals surface area contributed by atoms with Crippen molar-refractivity contribution in [3.05, 3.63) is 102 Å². The Hall–Kier alpha value is -4.06. The Labute approximate surface area is 209 Å². The van der Waals surface area contributed by atoms with E-state index in [1.807, 2.05) is 68.4 Å². The smallest absolute Gasteiger partial charge is 0.133 e. The monoisotopic (exact) mass is 478 g/mol. The summed E-state index contributed by atoms with van der Waals surface area (Å²) in [6.45, 7) is 6.25. The van der Waals surface area contributed by atoms with Gasteiger partial charge in [0.05, 0.1) is 17.1 Å². The van der Waals surface area contributed by atoms with Crippen molar-refractivity contribution in [1.82, 2.24) is 19.5 Å². The summed E-state index contributed by atoms with van der Waals surface area (Å²) >= 11 is 0. The van der Waals surface area contributed by atoms with E-state index in [-0.39, 0.29) is 23.7 Å². The highest BCUT2D eigenvalue weighted by Crippen LogP contribution is 2.45. The first-order valence-corrected chi connectivity index (χ1v) is 12.3. The summed E-state index contributed by atoms with van der Waals surface area (Å²) in [6.07, 6.45) is 4.31. The largest absolute Gasteiger partial charge is 0.457 e. The second-order valence-electron chi connectivity index (χ2n) is 9.75. The van der Waals surface area contributed by atoms with E-state index >= 15 is 4.39 Å². The van der Waals surface area contributed by atoms with E-state index in [1.54, 1.807) is 12.4 Å². The summed E-state index contributed by atoms with van der Waals surface area (Å²) in [5.41, 5.74) is 3.78. The van der Waals surface area contributed by atoms with Gasteiger partial charge in [-0.2, -0.15) is 0 Å². The first-order valence-electron chi connectivity index (χ1n) is 12.3. The maximum absolute atomic E-state index is 15.2. The van der Waals surface area contributed by atoms with Crippen molar-refractivity contribution in [1.29, 1.82) is 0 Å². The zero-order chi connectivity index (χ0) is 24.8. The third-order valence-corrected chi connectivity index (χ3v) is 6.88. The minimum Gasteiger partial charge on any atom is -0.457 e. The molecule has 1 aliphatic rings. The Morgan fingerprint density at radius 3 is 2.44 bits per heavy atom. The van der Waals surface area contributed by atoms with E-state index in [9.17, 15) is 0 Å². The van der Waals surface area contributed by atoms with Crippen LogP contribution in [0.5, 0.6) is 11.5 Å². The van der Waals surface area contributed by atoms with Crippen molar-refractivity contribution >= 4 is 11.0 Å². The number of hydrogen-bond acceptors (Lipinski definition) is 4. The molecule has 0 bridgehead atoms. The summed E-state index contributed by atoms with van der Waals surface area (Å²) in [6, 6.07) is 21.4. The number of benzene rings is 3. The summed E-state index contributed by atoms with van der Waals surface area (Å²) < 4.78 is 23.8. The number of rotatable bonds is 5. The molecule has 0 N–H and O–H groups in total. The van der Waals surface area contributed by atoms with Crippen molar-refractivity contribution in [3.63, 3.8) is 0 Å². The topological polar surface area (TPSA) is 52.8 Å². The van der Waals surface area contributed by atoms with Gasteiger partial charge >= 0.3 is 0 Å². The van der Waals surface area contributed by atoms with Gasteiger partial charge < -0.3 is 9.30 Å². The third-order valence-electron chi connectivity index (χ3n) is 6.88. The highest BCUT2D eigenvalue weighted by Gasteiger charge is 2.34. The summed E-state index contributed by atoms with van der Waals surface area (Å²) in [7, 11) is 0. The van der Waals surface area contributed by atoms with Crippen LogP contribution in [0, 0.1) is 5.82 Å². The summed E-state index contributed by atoms with van der Waals surface area (Å²) in [4.78, 5) is 13.7. The summed E-state index contributed by atoms with van der Waals surface area (Å²) in [5, 5.41) is 0. The van der Waals surface area contributed by atoms with Gasteiger partial charge in [0, 0.05) is 47.0 Å². The molecule has 6 rings (SSSR count). The average Bonchev–Trinajstić information content (AvgIpc) is 3.41. The number of para-hydroxylation sites is 2. The maximum Gasteiger partial charge on any atom is 0.133 e. The molecular weight excluding hydrogens is 451 g/mol. The highest BCUT2D eigenvalue weighted by atomic mass is 19.1. The standard InChI is InChI=1S/C30H27FN4O/c1-18(2)29-32-16-20(17-33-29)23-14-27-25(15-24(23)31)34-30-19(3)13-26(35(27)30)22-11-7-8-12-28(22)36-21-9-5-4-6-10-21/h4-12,14-19,26H,13H2,1-3H3. The molecule has 0 aliphatic carbocycles. The lowest BCUT2D eigenvalue weighted by Crippen LogP contribution is -2.07. The molecule has 0 saturated carbocycles. The predicted molar refractivity (Wildman–Crippen MR) is 139 cm³/mol. The second-order valence-corrected chi connectivity index (χ2v) is 9.75. The molecule has 0 fully saturated rings. The van der Waals surface area contributed by atoms with Gasteiger partial charge in [0.1, 0.15) is 29.0 Å². The molecule has 5 aromatic rings. The molecule has 5 nitrogen and oxygen atoms in total. The van der Waals surface area contributed by atoms with Gasteiger partial charge in [0.15, 0.2) is 0 Å². The molecule has 3 aromatic carbocycles. The minimum atomic E-state index is -0.322. The average molecular weight is 479 g/mol. The number of nitrogens with zero attached hydrogens (tertiary/aromatic N) is 4. The molecule has 2 aromatic heterocycles. The molecule has 3 heterocycles. The highest BCUT2D eigenvalue weighted by molar-refractivity contribution is 5.83. The molecule has 2 atom stereocenters. The quantitative estimate of drug-likeness (QED) is 0.260. The van der Waals surface area contributed by atoms with E-state index in [1.165, 1.54) is 6.07 Å². The lowest BCUT2D eigenvalue weighted by Gasteiger charge is -2.19. The third kappa shape index (κ3) is 3.83. The van der Waals surface area contributed by atoms with Gasteiger partial charge in [-0.1, -0.05) is 57.2 Å². The van der Waals surface area contributed by atoms with E-state index in [4.69, 9.17) is 9.72 Å². The van der Waals surface area contributed by atoms with Gasteiger partial charge in [-0.15, -0.1) is 0 Å². The van der Waals surface area contributed by atoms with Crippen molar-refractivity contribution < 1.29 is 9.13 Å². The fraction of sp³-hybridized carbons (Fsp3) is 0.233. The van der Waals surface area contributed by atoms with Crippen LogP contribution in [0.15, 0.2) is 79.1 Å². The van der Waals surface area contributed by atoms with E-state index in [0.29, 0.717) is 16.6 Å². The Balaban J connectivity index is 1.46. The Morgan fingerprint density at radius 1 is 0.972 bits per heavy atom. The Morgan fingerprint density at radius 2 is 1.69 bits per heavy atom. The lowest BCUT2D eigenvalue weighted by atomic mass is 9.98. The molecular formula is C30H27FN4O. The predicted octanol–water partition coefficient (Wildman–Crippen LogP) is 7.64. The van der Waals surface area contributed by atoms with Gasteiger partial charge in [-0.25, -0.2) is 19.3 Å². The fourth-order valence-corrected chi connectivity index (χ4v) is 5.08. The van der Waals surface area contributed by atoms with Crippen LogP contribution in [0.25, 0.3) is 22.2 Å². The minimum absolute atomic E-state index is 0.0257. The van der Waals surface area contributed by atoms with Gasteiger partial charge in [-0.05, 0) is 30.7 Å². The zero-order valence-corrected chi connectivity index (χ0v) is 20.5. The van der Waals surface area contributed by atoms with E-state index in [2.05, 4.69) is 27.5 Å². The molecule has 36 heavy (non-hydrogen) atoms. The van der Waals surface area contributed by atoms with Crippen LogP contribution in [0.4, 0.5) is 4.39 Å². The first-order chi connectivity index (χ1) is 17.5. The normalized spacial score (nSPS) is 17.0. The van der Waals surface area contributed by atoms with Gasteiger partial charge in [-0.3, -0.25) is 0 Å². The number of imidazole rings is 1. The van der Waals surface area contributed by atoms with Crippen LogP contribution in [-0.2, 0) is 0 Å². The van der Waals surface area contributed by atoms with E-state index in [0.717, 1.165) is 40.6 Å². The maximum atomic E-state index is 15.2. The SMILES string of the molecule is CC(C)c1ncc(-c2cc3c(cc2F)nc2n3C(c3ccccc3Oc3ccccc3)CC2C)cn1. The van der Waals surface area contributed by atoms with Crippen LogP contribution in [-0.4, -0.2) is 19.5 Å². The van der Waals surface area contributed by atoms with Gasteiger partial charge in [0.25, 0.3) is 0 Å². The number of fused-ring (bicyclic) bond motifs is 3. The fourth-order valence-electron chi connectivity index (χ4n) is 5.08. The van der Waals surface area contributed by atoms with Crippen molar-refractivity contribution in [2.75, 3.05) is 0 Å². The van der Waals surface area contributed by atoms with Crippen LogP contribution in [0.1, 0.15) is 62.3 Å². The molecule has 2 unspecified atom stereocenters. The second kappa shape index (κ2) is 8.86. The zero-order valence-electron chi connectivity index (χ0n) is 20.5. The lowest BCUT2D eigenvalue weighted by molar-refractivity contribution is 0.463. The summed E-state index contributed by atoms with van der Waals surface area (Å²) in [5.74, 6) is 3.44. The van der Waals surface area contributed by atoms with Crippen LogP contribution in [0.2, 0.25) is 0 Å². The van der Waals surface area contributed by atoms with Crippen LogP contribution in [0.3, 0.4) is 0 Å². The van der Waals surface area contributed by atoms with Crippen molar-refractivity contribution in [2.45, 2.75) is 45.1 Å². The molecule has 0 radical (unpaired) electrons. The number of aromatic nitrogens is 4. The number of hydrogen-bond donors (Lipinski definition) is 0. The van der Waals surface area contributed by atoms with Gasteiger partial charge in [0.2, 0.25) is 0 Å². The Bertz CT molecular complexity index is 1540. The van der Waals surface area contributed by atoms with E-state index < -0.39 is 0 Å². The molecule has 0 spiro atoms. The molecule has 0 amide bonds. The number of halogens is 1. The molecule has 6 heteroatoms. The molecule has 180 valence electrons.